The smallest absolute Gasteiger partial charge is 0.203 e. The van der Waals surface area contributed by atoms with Gasteiger partial charge in [0, 0.05) is 12.0 Å². The van der Waals surface area contributed by atoms with Crippen molar-refractivity contribution in [2.75, 3.05) is 28.4 Å². The number of halogens is 1. The quantitative estimate of drug-likeness (QED) is 0.472. The fourth-order valence-corrected chi connectivity index (χ4v) is 2.47. The lowest BCUT2D eigenvalue weighted by Gasteiger charge is -2.14. The zero-order chi connectivity index (χ0) is 18.4. The summed E-state index contributed by atoms with van der Waals surface area (Å²) in [7, 11) is 5.93. The number of hydrogen-bond donors (Lipinski definition) is 1. The monoisotopic (exact) mass is 349 g/mol. The molecule has 0 saturated heterocycles. The van der Waals surface area contributed by atoms with E-state index in [1.165, 1.54) is 40.6 Å². The Morgan fingerprint density at radius 3 is 1.96 bits per heavy atom. The summed E-state index contributed by atoms with van der Waals surface area (Å²) in [5.74, 6) is 1.01. The maximum absolute atomic E-state index is 13.9. The molecule has 1 N–H and O–H groups in total. The molecule has 0 aliphatic heterocycles. The summed E-state index contributed by atoms with van der Waals surface area (Å²) in [6.45, 7) is 0. The van der Waals surface area contributed by atoms with E-state index in [-0.39, 0.29) is 17.9 Å². The Morgan fingerprint density at radius 1 is 0.920 bits per heavy atom. The van der Waals surface area contributed by atoms with Crippen LogP contribution in [0.25, 0.3) is 0 Å². The molecule has 0 heterocycles. The summed E-state index contributed by atoms with van der Waals surface area (Å²) in [6.07, 6.45) is 0.235. The van der Waals surface area contributed by atoms with Gasteiger partial charge in [0.05, 0.1) is 34.2 Å². The van der Waals surface area contributed by atoms with Gasteiger partial charge in [-0.2, -0.15) is 0 Å². The van der Waals surface area contributed by atoms with Crippen LogP contribution in [-0.4, -0.2) is 39.4 Å². The number of hydrogen-bond acceptors (Lipinski definition) is 6. The predicted molar refractivity (Wildman–Crippen MR) is 91.1 cm³/mol. The third kappa shape index (κ3) is 3.93. The first-order valence-corrected chi connectivity index (χ1v) is 7.41. The summed E-state index contributed by atoms with van der Waals surface area (Å²) in [5.41, 5.74) is 1.48. The summed E-state index contributed by atoms with van der Waals surface area (Å²) >= 11 is 0. The van der Waals surface area contributed by atoms with E-state index in [4.69, 9.17) is 18.9 Å². The summed E-state index contributed by atoms with van der Waals surface area (Å²) in [5, 5.41) is 12.7. The van der Waals surface area contributed by atoms with Crippen molar-refractivity contribution in [3.05, 3.63) is 47.3 Å². The molecule has 0 atom stereocenters. The Balaban J connectivity index is 2.38. The number of oxime groups is 1. The highest BCUT2D eigenvalue weighted by molar-refractivity contribution is 6.01. The average Bonchev–Trinajstić information content (AvgIpc) is 2.64. The number of rotatable bonds is 7. The highest BCUT2D eigenvalue weighted by Gasteiger charge is 2.16. The maximum Gasteiger partial charge on any atom is 0.203 e. The molecule has 0 aliphatic rings. The zero-order valence-electron chi connectivity index (χ0n) is 14.5. The largest absolute Gasteiger partial charge is 0.494 e. The first-order valence-electron chi connectivity index (χ1n) is 7.41. The van der Waals surface area contributed by atoms with Crippen LogP contribution in [0.3, 0.4) is 0 Å². The molecule has 25 heavy (non-hydrogen) atoms. The van der Waals surface area contributed by atoms with Crippen molar-refractivity contribution in [2.24, 2.45) is 5.16 Å². The minimum Gasteiger partial charge on any atom is -0.494 e. The summed E-state index contributed by atoms with van der Waals surface area (Å²) < 4.78 is 34.7. The van der Waals surface area contributed by atoms with Gasteiger partial charge in [-0.25, -0.2) is 4.39 Å². The topological polar surface area (TPSA) is 69.5 Å². The van der Waals surface area contributed by atoms with Gasteiger partial charge in [0.15, 0.2) is 23.1 Å². The molecule has 6 nitrogen and oxygen atoms in total. The Kier molecular flexibility index (Phi) is 6.05. The molecular formula is C18H20FNO5. The zero-order valence-corrected chi connectivity index (χ0v) is 14.5. The van der Waals surface area contributed by atoms with Crippen molar-refractivity contribution in [1.82, 2.24) is 0 Å². The molecule has 7 heteroatoms. The van der Waals surface area contributed by atoms with Gasteiger partial charge in [0.25, 0.3) is 0 Å². The third-order valence-electron chi connectivity index (χ3n) is 3.70. The Labute approximate surface area is 145 Å². The normalized spacial score (nSPS) is 11.2. The molecule has 0 amide bonds. The molecule has 0 spiro atoms. The lowest BCUT2D eigenvalue weighted by molar-refractivity contribution is 0.318. The Morgan fingerprint density at radius 2 is 1.52 bits per heavy atom. The number of nitrogens with zero attached hydrogens (tertiary/aromatic N) is 1. The van der Waals surface area contributed by atoms with E-state index >= 15 is 0 Å². The predicted octanol–water partition coefficient (Wildman–Crippen LogP) is 3.28. The number of ether oxygens (including phenoxy) is 4. The van der Waals surface area contributed by atoms with Crippen LogP contribution in [0.2, 0.25) is 0 Å². The van der Waals surface area contributed by atoms with Gasteiger partial charge < -0.3 is 24.2 Å². The molecule has 2 aromatic rings. The van der Waals surface area contributed by atoms with Gasteiger partial charge in [-0.05, 0) is 35.9 Å². The van der Waals surface area contributed by atoms with Gasteiger partial charge in [-0.1, -0.05) is 5.16 Å². The molecule has 0 fully saturated rings. The van der Waals surface area contributed by atoms with Crippen molar-refractivity contribution in [3.8, 4) is 23.0 Å². The van der Waals surface area contributed by atoms with Gasteiger partial charge >= 0.3 is 0 Å². The third-order valence-corrected chi connectivity index (χ3v) is 3.70. The van der Waals surface area contributed by atoms with Crippen molar-refractivity contribution in [3.63, 3.8) is 0 Å². The maximum atomic E-state index is 13.9. The molecule has 0 saturated carbocycles. The van der Waals surface area contributed by atoms with Gasteiger partial charge in [-0.15, -0.1) is 0 Å². The number of methoxy groups -OCH3 is 4. The van der Waals surface area contributed by atoms with Crippen LogP contribution < -0.4 is 18.9 Å². The Hall–Kier alpha value is -2.96. The molecule has 0 unspecified atom stereocenters. The Bertz CT molecular complexity index is 751. The summed E-state index contributed by atoms with van der Waals surface area (Å²) in [4.78, 5) is 0. The van der Waals surface area contributed by atoms with E-state index in [1.807, 2.05) is 0 Å². The fourth-order valence-electron chi connectivity index (χ4n) is 2.47. The molecule has 2 rings (SSSR count). The van der Waals surface area contributed by atoms with Crippen LogP contribution >= 0.6 is 0 Å². The minimum atomic E-state index is -0.536. The fraction of sp³-hybridized carbons (Fsp3) is 0.278. The second kappa shape index (κ2) is 8.23. The first kappa shape index (κ1) is 18.4. The van der Waals surface area contributed by atoms with Crippen molar-refractivity contribution in [2.45, 2.75) is 6.42 Å². The van der Waals surface area contributed by atoms with Crippen LogP contribution in [0.1, 0.15) is 11.1 Å². The van der Waals surface area contributed by atoms with Crippen LogP contribution in [0.5, 0.6) is 23.0 Å². The van der Waals surface area contributed by atoms with Crippen molar-refractivity contribution < 1.29 is 28.5 Å². The van der Waals surface area contributed by atoms with E-state index in [0.717, 1.165) is 5.56 Å². The molecular weight excluding hydrogens is 329 g/mol. The van der Waals surface area contributed by atoms with E-state index in [1.54, 1.807) is 18.2 Å². The summed E-state index contributed by atoms with van der Waals surface area (Å²) in [6, 6.07) is 7.84. The highest BCUT2D eigenvalue weighted by Crippen LogP contribution is 2.38. The van der Waals surface area contributed by atoms with E-state index in [2.05, 4.69) is 5.16 Å². The molecule has 0 aliphatic carbocycles. The van der Waals surface area contributed by atoms with E-state index < -0.39 is 5.82 Å². The molecule has 0 aromatic heterocycles. The average molecular weight is 349 g/mol. The standard InChI is InChI=1S/C18H20FNO5/c1-22-15-6-5-12(10-13(15)19)14(20-21)7-11-8-16(23-2)18(25-4)17(9-11)24-3/h5-6,8-10,21H,7H2,1-4H3. The number of benzene rings is 2. The van der Waals surface area contributed by atoms with Gasteiger partial charge in [0.2, 0.25) is 5.75 Å². The molecule has 0 radical (unpaired) electrons. The molecule has 134 valence electrons. The van der Waals surface area contributed by atoms with Crippen molar-refractivity contribution >= 4 is 5.71 Å². The second-order valence-electron chi connectivity index (χ2n) is 5.11. The lowest BCUT2D eigenvalue weighted by Crippen LogP contribution is -2.07. The van der Waals surface area contributed by atoms with E-state index in [0.29, 0.717) is 22.8 Å². The highest BCUT2D eigenvalue weighted by atomic mass is 19.1. The van der Waals surface area contributed by atoms with E-state index in [9.17, 15) is 9.60 Å². The molecule has 2 aromatic carbocycles. The van der Waals surface area contributed by atoms with Crippen LogP contribution in [0.4, 0.5) is 4.39 Å². The lowest BCUT2D eigenvalue weighted by atomic mass is 10.0. The van der Waals surface area contributed by atoms with Gasteiger partial charge in [-0.3, -0.25) is 0 Å². The minimum absolute atomic E-state index is 0.119. The SMILES string of the molecule is COc1ccc(C(Cc2cc(OC)c(OC)c(OC)c2)=NO)cc1F. The van der Waals surface area contributed by atoms with Crippen LogP contribution in [0, 0.1) is 5.82 Å². The van der Waals surface area contributed by atoms with Crippen molar-refractivity contribution in [1.29, 1.82) is 0 Å². The second-order valence-corrected chi connectivity index (χ2v) is 5.11. The van der Waals surface area contributed by atoms with Crippen LogP contribution in [0.15, 0.2) is 35.5 Å². The van der Waals surface area contributed by atoms with Gasteiger partial charge in [0.1, 0.15) is 0 Å². The van der Waals surface area contributed by atoms with Crippen LogP contribution in [-0.2, 0) is 6.42 Å². The molecule has 0 bridgehead atoms. The first-order chi connectivity index (χ1) is 12.1.